The summed E-state index contributed by atoms with van der Waals surface area (Å²) in [6, 6.07) is 6.04. The fraction of sp³-hybridized carbons (Fsp3) is 0.500. The highest BCUT2D eigenvalue weighted by atomic mass is 79.9. The summed E-state index contributed by atoms with van der Waals surface area (Å²) in [6.07, 6.45) is 5.38. The lowest BCUT2D eigenvalue weighted by molar-refractivity contribution is 0.210. The summed E-state index contributed by atoms with van der Waals surface area (Å²) in [4.78, 5) is 0. The Kier molecular flexibility index (Phi) is 3.65. The van der Waals surface area contributed by atoms with E-state index in [0.29, 0.717) is 12.6 Å². The molecule has 1 aliphatic carbocycles. The summed E-state index contributed by atoms with van der Waals surface area (Å²) < 4.78 is 6.96. The average Bonchev–Trinajstić information content (AvgIpc) is 2.73. The van der Waals surface area contributed by atoms with E-state index >= 15 is 0 Å². The molecule has 1 aromatic rings. The predicted molar refractivity (Wildman–Crippen MR) is 64.9 cm³/mol. The number of benzene rings is 1. The number of hydrogen-bond acceptors (Lipinski definition) is 2. The van der Waals surface area contributed by atoms with Crippen molar-refractivity contribution in [2.45, 2.75) is 38.3 Å². The summed E-state index contributed by atoms with van der Waals surface area (Å²) in [5.41, 5.74) is 6.74. The third-order valence-corrected chi connectivity index (χ3v) is 3.62. The number of rotatable bonds is 3. The van der Waals surface area contributed by atoms with Gasteiger partial charge in [-0.15, -0.1) is 0 Å². The van der Waals surface area contributed by atoms with Crippen LogP contribution in [-0.2, 0) is 6.54 Å². The van der Waals surface area contributed by atoms with Crippen molar-refractivity contribution in [1.82, 2.24) is 0 Å². The van der Waals surface area contributed by atoms with E-state index in [2.05, 4.69) is 15.9 Å². The highest BCUT2D eigenvalue weighted by molar-refractivity contribution is 9.10. The number of hydrogen-bond donors (Lipinski definition) is 1. The maximum Gasteiger partial charge on any atom is 0.120 e. The van der Waals surface area contributed by atoms with Crippen LogP contribution in [0.4, 0.5) is 0 Å². The Balaban J connectivity index is 2.07. The fourth-order valence-electron chi connectivity index (χ4n) is 1.98. The summed E-state index contributed by atoms with van der Waals surface area (Å²) in [7, 11) is 0. The molecule has 0 spiro atoms. The zero-order valence-electron chi connectivity index (χ0n) is 8.71. The third-order valence-electron chi connectivity index (χ3n) is 2.84. The summed E-state index contributed by atoms with van der Waals surface area (Å²) in [6.45, 7) is 0.544. The molecule has 2 rings (SSSR count). The number of nitrogens with two attached hydrogens (primary N) is 1. The van der Waals surface area contributed by atoms with Crippen molar-refractivity contribution in [3.05, 3.63) is 28.2 Å². The van der Waals surface area contributed by atoms with Gasteiger partial charge >= 0.3 is 0 Å². The second-order valence-corrected chi connectivity index (χ2v) is 4.84. The van der Waals surface area contributed by atoms with E-state index in [4.69, 9.17) is 10.5 Å². The minimum Gasteiger partial charge on any atom is -0.490 e. The average molecular weight is 270 g/mol. The SMILES string of the molecule is NCc1cc(OC2CCCC2)ccc1Br. The largest absolute Gasteiger partial charge is 0.490 e. The molecule has 0 heterocycles. The van der Waals surface area contributed by atoms with Crippen LogP contribution in [0.1, 0.15) is 31.2 Å². The Bertz CT molecular complexity index is 334. The summed E-state index contributed by atoms with van der Waals surface area (Å²) >= 11 is 3.47. The van der Waals surface area contributed by atoms with E-state index < -0.39 is 0 Å². The molecule has 2 nitrogen and oxygen atoms in total. The monoisotopic (exact) mass is 269 g/mol. The highest BCUT2D eigenvalue weighted by Crippen LogP contribution is 2.27. The molecule has 0 bridgehead atoms. The molecule has 1 fully saturated rings. The van der Waals surface area contributed by atoms with Crippen molar-refractivity contribution in [2.24, 2.45) is 5.73 Å². The van der Waals surface area contributed by atoms with Crippen molar-refractivity contribution in [1.29, 1.82) is 0 Å². The number of halogens is 1. The van der Waals surface area contributed by atoms with Crippen LogP contribution >= 0.6 is 15.9 Å². The van der Waals surface area contributed by atoms with Crippen LogP contribution in [0, 0.1) is 0 Å². The van der Waals surface area contributed by atoms with E-state index in [0.717, 1.165) is 15.8 Å². The van der Waals surface area contributed by atoms with Crippen molar-refractivity contribution < 1.29 is 4.74 Å². The second-order valence-electron chi connectivity index (χ2n) is 3.98. The number of ether oxygens (including phenoxy) is 1. The van der Waals surface area contributed by atoms with Crippen molar-refractivity contribution in [3.63, 3.8) is 0 Å². The minimum absolute atomic E-state index is 0.414. The van der Waals surface area contributed by atoms with Crippen LogP contribution in [0.3, 0.4) is 0 Å². The Morgan fingerprint density at radius 3 is 2.73 bits per heavy atom. The third kappa shape index (κ3) is 2.73. The van der Waals surface area contributed by atoms with Crippen molar-refractivity contribution in [3.8, 4) is 5.75 Å². The summed E-state index contributed by atoms with van der Waals surface area (Å²) in [5.74, 6) is 0.950. The topological polar surface area (TPSA) is 35.2 Å². The molecule has 2 N–H and O–H groups in total. The van der Waals surface area contributed by atoms with Crippen LogP contribution < -0.4 is 10.5 Å². The van der Waals surface area contributed by atoms with Crippen LogP contribution in [0.5, 0.6) is 5.75 Å². The Hall–Kier alpha value is -0.540. The zero-order chi connectivity index (χ0) is 10.7. The molecular weight excluding hydrogens is 254 g/mol. The first-order valence-corrected chi connectivity index (χ1v) is 6.24. The predicted octanol–water partition coefficient (Wildman–Crippen LogP) is 3.23. The zero-order valence-corrected chi connectivity index (χ0v) is 10.3. The molecule has 1 aromatic carbocycles. The quantitative estimate of drug-likeness (QED) is 0.915. The highest BCUT2D eigenvalue weighted by Gasteiger charge is 2.16. The van der Waals surface area contributed by atoms with Gasteiger partial charge in [-0.25, -0.2) is 0 Å². The molecule has 0 unspecified atom stereocenters. The summed E-state index contributed by atoms with van der Waals surface area (Å²) in [5, 5.41) is 0. The fourth-order valence-corrected chi connectivity index (χ4v) is 2.39. The molecule has 82 valence electrons. The minimum atomic E-state index is 0.414. The molecule has 0 aromatic heterocycles. The van der Waals surface area contributed by atoms with Gasteiger partial charge in [0.1, 0.15) is 5.75 Å². The van der Waals surface area contributed by atoms with Gasteiger partial charge in [0.15, 0.2) is 0 Å². The standard InChI is InChI=1S/C12H16BrNO/c13-12-6-5-11(7-9(12)8-14)15-10-3-1-2-4-10/h5-7,10H,1-4,8,14H2. The molecule has 0 atom stereocenters. The van der Waals surface area contributed by atoms with Gasteiger partial charge in [-0.2, -0.15) is 0 Å². The van der Waals surface area contributed by atoms with E-state index in [1.807, 2.05) is 18.2 Å². The van der Waals surface area contributed by atoms with Gasteiger partial charge in [0, 0.05) is 11.0 Å². The molecule has 0 amide bonds. The van der Waals surface area contributed by atoms with Gasteiger partial charge in [0.05, 0.1) is 6.10 Å². The lowest BCUT2D eigenvalue weighted by atomic mass is 10.2. The molecule has 1 saturated carbocycles. The molecule has 3 heteroatoms. The van der Waals surface area contributed by atoms with Crippen LogP contribution in [-0.4, -0.2) is 6.10 Å². The van der Waals surface area contributed by atoms with Gasteiger partial charge in [-0.05, 0) is 49.4 Å². The normalized spacial score (nSPS) is 16.9. The second kappa shape index (κ2) is 4.99. The maximum absolute atomic E-state index is 5.90. The van der Waals surface area contributed by atoms with Crippen LogP contribution in [0.15, 0.2) is 22.7 Å². The molecule has 0 saturated heterocycles. The van der Waals surface area contributed by atoms with E-state index in [9.17, 15) is 0 Å². The van der Waals surface area contributed by atoms with Gasteiger partial charge in [0.2, 0.25) is 0 Å². The van der Waals surface area contributed by atoms with Gasteiger partial charge in [-0.3, -0.25) is 0 Å². The first-order valence-electron chi connectivity index (χ1n) is 5.45. The lowest BCUT2D eigenvalue weighted by Crippen LogP contribution is -2.11. The maximum atomic E-state index is 5.90. The van der Waals surface area contributed by atoms with E-state index in [1.165, 1.54) is 25.7 Å². The van der Waals surface area contributed by atoms with Crippen molar-refractivity contribution in [2.75, 3.05) is 0 Å². The lowest BCUT2D eigenvalue weighted by Gasteiger charge is -2.14. The Labute approximate surface area is 98.9 Å². The van der Waals surface area contributed by atoms with E-state index in [1.54, 1.807) is 0 Å². The van der Waals surface area contributed by atoms with Crippen molar-refractivity contribution >= 4 is 15.9 Å². The molecule has 1 aliphatic rings. The van der Waals surface area contributed by atoms with Gasteiger partial charge < -0.3 is 10.5 Å². The first-order chi connectivity index (χ1) is 7.29. The van der Waals surface area contributed by atoms with Crippen LogP contribution in [0.25, 0.3) is 0 Å². The molecule has 0 aliphatic heterocycles. The first kappa shape index (κ1) is 11.0. The van der Waals surface area contributed by atoms with Crippen LogP contribution in [0.2, 0.25) is 0 Å². The Morgan fingerprint density at radius 1 is 1.33 bits per heavy atom. The molecular formula is C12H16BrNO. The molecule has 0 radical (unpaired) electrons. The smallest absolute Gasteiger partial charge is 0.120 e. The Morgan fingerprint density at radius 2 is 2.07 bits per heavy atom. The van der Waals surface area contributed by atoms with Gasteiger partial charge in [0.25, 0.3) is 0 Å². The van der Waals surface area contributed by atoms with Gasteiger partial charge in [-0.1, -0.05) is 15.9 Å². The van der Waals surface area contributed by atoms with E-state index in [-0.39, 0.29) is 0 Å². The molecule has 15 heavy (non-hydrogen) atoms.